The van der Waals surface area contributed by atoms with Crippen LogP contribution < -0.4 is 5.32 Å². The molecule has 8 nitrogen and oxygen atoms in total. The third kappa shape index (κ3) is 12.8. The summed E-state index contributed by atoms with van der Waals surface area (Å²) in [4.78, 5) is 37.4. The van der Waals surface area contributed by atoms with E-state index in [0.717, 1.165) is 37.8 Å². The standard InChI is InChI=1S/C30H47N5O3/c1-8-18-35(30(37)24(5)23-34(11-4)25(6)32-10-3)19-15-27-21-28(27)22-33-29(36)13-12-26(16-20-38-7)14-17-31-9-2/h10-14,17,23,27-28H,4,6,8-9,15-16,18-22H2,1-3,5,7H3,(H,33,36)/b13-12+,24-23+,26-14-,31-17?,32-10-. The molecule has 0 aromatic rings. The van der Waals surface area contributed by atoms with Gasteiger partial charge >= 0.3 is 0 Å². The zero-order chi connectivity index (χ0) is 28.3. The smallest absolute Gasteiger partial charge is 0.250 e. The number of allylic oxidation sites excluding steroid dienone is 2. The van der Waals surface area contributed by atoms with E-state index in [9.17, 15) is 9.59 Å². The molecular weight excluding hydrogens is 478 g/mol. The lowest BCUT2D eigenvalue weighted by Crippen LogP contribution is -2.34. The van der Waals surface area contributed by atoms with Gasteiger partial charge < -0.3 is 19.9 Å². The van der Waals surface area contributed by atoms with Crippen LogP contribution in [0.15, 0.2) is 70.7 Å². The first-order chi connectivity index (χ1) is 18.3. The Bertz CT molecular complexity index is 932. The molecule has 0 aliphatic heterocycles. The lowest BCUT2D eigenvalue weighted by Gasteiger charge is -2.24. The molecule has 8 heteroatoms. The minimum atomic E-state index is -0.101. The molecule has 1 aliphatic carbocycles. The highest BCUT2D eigenvalue weighted by Crippen LogP contribution is 2.40. The topological polar surface area (TPSA) is 86.6 Å². The first kappa shape index (κ1) is 32.8. The number of carbonyl (C=O) groups excluding carboxylic acids is 2. The molecule has 2 atom stereocenters. The van der Waals surface area contributed by atoms with E-state index in [1.165, 1.54) is 0 Å². The van der Waals surface area contributed by atoms with E-state index in [4.69, 9.17) is 4.74 Å². The fourth-order valence-corrected chi connectivity index (χ4v) is 3.95. The second kappa shape index (κ2) is 18.9. The summed E-state index contributed by atoms with van der Waals surface area (Å²) in [6.45, 7) is 18.7. The molecule has 0 heterocycles. The average molecular weight is 526 g/mol. The summed E-state index contributed by atoms with van der Waals surface area (Å²) in [7, 11) is 1.66. The number of methoxy groups -OCH3 is 1. The van der Waals surface area contributed by atoms with Crippen molar-refractivity contribution in [2.45, 2.75) is 53.4 Å². The first-order valence-corrected chi connectivity index (χ1v) is 13.5. The Labute approximate surface area is 229 Å². The SMILES string of the molecule is C=CN(/C=C(\C)C(=O)N(CCC)CCC1CC1CNC(=O)/C=C/C(=C/C=NCC)CCOC)C(=C)/N=C\C. The largest absolute Gasteiger partial charge is 0.384 e. The molecule has 1 saturated carbocycles. The molecule has 2 amide bonds. The van der Waals surface area contributed by atoms with E-state index in [0.29, 0.717) is 49.5 Å². The van der Waals surface area contributed by atoms with Gasteiger partial charge in [-0.1, -0.05) is 26.2 Å². The van der Waals surface area contributed by atoms with Gasteiger partial charge in [0, 0.05) is 69.8 Å². The number of amides is 2. The Morgan fingerprint density at radius 2 is 1.95 bits per heavy atom. The monoisotopic (exact) mass is 525 g/mol. The van der Waals surface area contributed by atoms with Crippen molar-refractivity contribution in [3.63, 3.8) is 0 Å². The van der Waals surface area contributed by atoms with Gasteiger partial charge in [0.15, 0.2) is 0 Å². The molecule has 210 valence electrons. The number of nitrogens with zero attached hydrogens (tertiary/aromatic N) is 4. The third-order valence-corrected chi connectivity index (χ3v) is 6.22. The maximum Gasteiger partial charge on any atom is 0.250 e. The Kier molecular flexibility index (Phi) is 16.3. The molecule has 0 saturated heterocycles. The van der Waals surface area contributed by atoms with Crippen molar-refractivity contribution in [1.82, 2.24) is 15.1 Å². The molecule has 0 bridgehead atoms. The number of nitrogens with one attached hydrogen (secondary N) is 1. The van der Waals surface area contributed by atoms with Crippen molar-refractivity contribution in [1.29, 1.82) is 0 Å². The minimum Gasteiger partial charge on any atom is -0.384 e. The molecular formula is C30H47N5O3. The highest BCUT2D eigenvalue weighted by Gasteiger charge is 2.37. The summed E-state index contributed by atoms with van der Waals surface area (Å²) in [5.41, 5.74) is 1.60. The van der Waals surface area contributed by atoms with Gasteiger partial charge in [-0.2, -0.15) is 0 Å². The van der Waals surface area contributed by atoms with Gasteiger partial charge in [-0.15, -0.1) is 0 Å². The van der Waals surface area contributed by atoms with Crippen LogP contribution in [0.5, 0.6) is 0 Å². The number of carbonyl (C=O) groups is 2. The Balaban J connectivity index is 2.58. The summed E-state index contributed by atoms with van der Waals surface area (Å²) in [6.07, 6.45) is 15.6. The molecule has 1 fully saturated rings. The van der Waals surface area contributed by atoms with E-state index >= 15 is 0 Å². The van der Waals surface area contributed by atoms with Crippen LogP contribution in [0.3, 0.4) is 0 Å². The Morgan fingerprint density at radius 3 is 2.58 bits per heavy atom. The Morgan fingerprint density at radius 1 is 1.18 bits per heavy atom. The van der Waals surface area contributed by atoms with E-state index in [2.05, 4.69) is 35.4 Å². The summed E-state index contributed by atoms with van der Waals surface area (Å²) in [6, 6.07) is 0. The van der Waals surface area contributed by atoms with Gasteiger partial charge in [0.2, 0.25) is 5.91 Å². The van der Waals surface area contributed by atoms with Crippen molar-refractivity contribution in [3.05, 3.63) is 60.8 Å². The molecule has 2 unspecified atom stereocenters. The van der Waals surface area contributed by atoms with Gasteiger partial charge in [0.25, 0.3) is 5.91 Å². The average Bonchev–Trinajstić information content (AvgIpc) is 3.67. The summed E-state index contributed by atoms with van der Waals surface area (Å²) >= 11 is 0. The van der Waals surface area contributed by atoms with E-state index in [1.807, 2.05) is 30.9 Å². The zero-order valence-corrected chi connectivity index (χ0v) is 24.0. The highest BCUT2D eigenvalue weighted by atomic mass is 16.5. The van der Waals surface area contributed by atoms with Crippen molar-refractivity contribution in [3.8, 4) is 0 Å². The van der Waals surface area contributed by atoms with Crippen molar-refractivity contribution in [2.24, 2.45) is 21.8 Å². The fourth-order valence-electron chi connectivity index (χ4n) is 3.95. The van der Waals surface area contributed by atoms with Crippen molar-refractivity contribution in [2.75, 3.05) is 39.9 Å². The van der Waals surface area contributed by atoms with Crippen LogP contribution >= 0.6 is 0 Å². The van der Waals surface area contributed by atoms with Gasteiger partial charge in [0.05, 0.1) is 6.61 Å². The lowest BCUT2D eigenvalue weighted by atomic mass is 10.1. The molecule has 1 rings (SSSR count). The number of hydrogen-bond acceptors (Lipinski definition) is 6. The summed E-state index contributed by atoms with van der Waals surface area (Å²) in [5, 5.41) is 3.01. The number of aliphatic imine (C=N–C) groups is 2. The van der Waals surface area contributed by atoms with Crippen LogP contribution in [-0.2, 0) is 14.3 Å². The maximum absolute atomic E-state index is 13.1. The van der Waals surface area contributed by atoms with Crippen LogP contribution in [0.1, 0.15) is 53.4 Å². The Hall–Kier alpha value is -3.26. The predicted molar refractivity (Wildman–Crippen MR) is 158 cm³/mol. The zero-order valence-electron chi connectivity index (χ0n) is 24.0. The quantitative estimate of drug-likeness (QED) is 0.148. The third-order valence-electron chi connectivity index (χ3n) is 6.22. The number of ether oxygens (including phenoxy) is 1. The molecule has 0 aromatic heterocycles. The van der Waals surface area contributed by atoms with Crippen LogP contribution in [0, 0.1) is 11.8 Å². The van der Waals surface area contributed by atoms with Crippen molar-refractivity contribution >= 4 is 24.2 Å². The van der Waals surface area contributed by atoms with E-state index < -0.39 is 0 Å². The highest BCUT2D eigenvalue weighted by molar-refractivity contribution is 5.92. The van der Waals surface area contributed by atoms with Crippen LogP contribution in [0.2, 0.25) is 0 Å². The van der Waals surface area contributed by atoms with Crippen LogP contribution in [0.4, 0.5) is 0 Å². The van der Waals surface area contributed by atoms with Crippen LogP contribution in [0.25, 0.3) is 0 Å². The lowest BCUT2D eigenvalue weighted by molar-refractivity contribution is -0.127. The summed E-state index contributed by atoms with van der Waals surface area (Å²) < 4.78 is 5.15. The predicted octanol–water partition coefficient (Wildman–Crippen LogP) is 4.89. The van der Waals surface area contributed by atoms with Crippen molar-refractivity contribution < 1.29 is 14.3 Å². The second-order valence-electron chi connectivity index (χ2n) is 9.25. The molecule has 1 N–H and O–H groups in total. The molecule has 1 aliphatic rings. The second-order valence-corrected chi connectivity index (χ2v) is 9.25. The number of hydrogen-bond donors (Lipinski definition) is 1. The molecule has 38 heavy (non-hydrogen) atoms. The molecule has 0 aromatic carbocycles. The molecule has 0 spiro atoms. The minimum absolute atomic E-state index is 0.00364. The van der Waals surface area contributed by atoms with Gasteiger partial charge in [-0.25, -0.2) is 4.99 Å². The van der Waals surface area contributed by atoms with E-state index in [-0.39, 0.29) is 11.8 Å². The number of rotatable bonds is 19. The molecule has 0 radical (unpaired) electrons. The van der Waals surface area contributed by atoms with Gasteiger partial charge in [-0.3, -0.25) is 14.6 Å². The van der Waals surface area contributed by atoms with Gasteiger partial charge in [-0.05, 0) is 69.9 Å². The normalized spacial score (nSPS) is 17.8. The van der Waals surface area contributed by atoms with E-state index in [1.54, 1.807) is 49.8 Å². The van der Waals surface area contributed by atoms with Crippen LogP contribution in [-0.4, -0.2) is 73.9 Å². The summed E-state index contributed by atoms with van der Waals surface area (Å²) in [5.74, 6) is 1.37. The van der Waals surface area contributed by atoms with Gasteiger partial charge in [0.1, 0.15) is 5.82 Å². The fraction of sp³-hybridized carbons (Fsp3) is 0.533. The first-order valence-electron chi connectivity index (χ1n) is 13.5. The maximum atomic E-state index is 13.1.